The van der Waals surface area contributed by atoms with Gasteiger partial charge in [0.25, 0.3) is 0 Å². The van der Waals surface area contributed by atoms with Crippen molar-refractivity contribution in [2.24, 2.45) is 0 Å². The Balaban J connectivity index is 0.000000167. The van der Waals surface area contributed by atoms with Gasteiger partial charge in [-0.25, -0.2) is 4.39 Å². The van der Waals surface area contributed by atoms with Gasteiger partial charge in [0.05, 0.1) is 0 Å². The zero-order valence-electron chi connectivity index (χ0n) is 30.3. The van der Waals surface area contributed by atoms with Gasteiger partial charge in [-0.1, -0.05) is 65.2 Å². The van der Waals surface area contributed by atoms with Gasteiger partial charge in [-0.3, -0.25) is 9.80 Å². The van der Waals surface area contributed by atoms with E-state index in [2.05, 4.69) is 59.5 Å². The van der Waals surface area contributed by atoms with Crippen LogP contribution in [-0.4, -0.2) is 94.0 Å². The molecule has 6 aromatic rings. The van der Waals surface area contributed by atoms with Crippen LogP contribution in [0, 0.1) is 12.7 Å². The van der Waals surface area contributed by atoms with Crippen molar-refractivity contribution in [3.8, 4) is 22.8 Å². The second kappa shape index (κ2) is 18.6. The molecule has 0 amide bonds. The van der Waals surface area contributed by atoms with Gasteiger partial charge in [0.1, 0.15) is 5.82 Å². The molecule has 4 aromatic carbocycles. The number of halogens is 3. The predicted octanol–water partition coefficient (Wildman–Crippen LogP) is 8.89. The highest BCUT2D eigenvalue weighted by molar-refractivity contribution is 7.10. The molecule has 54 heavy (non-hydrogen) atoms. The van der Waals surface area contributed by atoms with Crippen molar-refractivity contribution in [1.29, 1.82) is 0 Å². The zero-order valence-corrected chi connectivity index (χ0v) is 33.4. The third kappa shape index (κ3) is 10.6. The van der Waals surface area contributed by atoms with Gasteiger partial charge in [-0.15, -0.1) is 0 Å². The van der Waals surface area contributed by atoms with Crippen LogP contribution in [0.1, 0.15) is 16.7 Å². The van der Waals surface area contributed by atoms with Crippen molar-refractivity contribution in [3.05, 3.63) is 130 Å². The maximum absolute atomic E-state index is 13.0. The normalized spacial score (nSPS) is 15.3. The Morgan fingerprint density at radius 3 is 1.50 bits per heavy atom. The lowest BCUT2D eigenvalue weighted by Gasteiger charge is -2.34. The second-order valence-corrected chi connectivity index (χ2v) is 15.9. The van der Waals surface area contributed by atoms with Crippen LogP contribution in [0.3, 0.4) is 0 Å². The summed E-state index contributed by atoms with van der Waals surface area (Å²) in [6.45, 7) is 12.3. The summed E-state index contributed by atoms with van der Waals surface area (Å²) < 4.78 is 22.0. The highest BCUT2D eigenvalue weighted by atomic mass is 35.5. The third-order valence-corrected chi connectivity index (χ3v) is 11.8. The standard InChI is InChI=1S/C21H23ClN4S.C20H20ClFN4S/c1-16-3-2-4-17(15-16)9-10-25-11-13-26(14-12-25)21-23-20(24-27-21)18-5-7-19(22)8-6-18;21-17-5-3-16(4-6-17)19-23-20(27-24-19)26-13-11-25(12-14-26)10-9-15-1-7-18(22)8-2-15/h2-8,15H,9-14H2,1H3;1-8H,9-14H2. The Labute approximate surface area is 335 Å². The molecule has 0 bridgehead atoms. The molecular weight excluding hydrogens is 759 g/mol. The average Bonchev–Trinajstić information content (AvgIpc) is 3.90. The number of benzene rings is 4. The molecule has 2 aliphatic rings. The van der Waals surface area contributed by atoms with E-state index >= 15 is 0 Å². The molecule has 13 heteroatoms. The van der Waals surface area contributed by atoms with E-state index in [0.29, 0.717) is 5.02 Å². The Morgan fingerprint density at radius 2 is 1.04 bits per heavy atom. The minimum Gasteiger partial charge on any atom is -0.344 e. The van der Waals surface area contributed by atoms with Crippen LogP contribution in [0.4, 0.5) is 14.7 Å². The molecule has 0 atom stereocenters. The van der Waals surface area contributed by atoms with Crippen LogP contribution in [0.5, 0.6) is 0 Å². The Morgan fingerprint density at radius 1 is 0.574 bits per heavy atom. The molecule has 2 saturated heterocycles. The lowest BCUT2D eigenvalue weighted by Crippen LogP contribution is -2.47. The number of hydrogen-bond acceptors (Lipinski definition) is 10. The van der Waals surface area contributed by atoms with Gasteiger partial charge >= 0.3 is 0 Å². The van der Waals surface area contributed by atoms with Crippen molar-refractivity contribution >= 4 is 56.5 Å². The van der Waals surface area contributed by atoms with E-state index in [1.54, 1.807) is 0 Å². The molecule has 0 spiro atoms. The van der Waals surface area contributed by atoms with Crippen molar-refractivity contribution < 1.29 is 4.39 Å². The number of hydrogen-bond donors (Lipinski definition) is 0. The van der Waals surface area contributed by atoms with Crippen LogP contribution in [0.25, 0.3) is 22.8 Å². The van der Waals surface area contributed by atoms with Gasteiger partial charge in [-0.05, 0) is 91.6 Å². The average molecular weight is 802 g/mol. The SMILES string of the molecule is Cc1cccc(CCN2CCN(c3nc(-c4ccc(Cl)cc4)ns3)CC2)c1.Fc1ccc(CCN2CCN(c3nc(-c4ccc(Cl)cc4)ns3)CC2)cc1. The fourth-order valence-corrected chi connectivity index (χ4v) is 8.27. The first-order chi connectivity index (χ1) is 26.3. The Hall–Kier alpha value is -3.97. The molecule has 8 nitrogen and oxygen atoms in total. The summed E-state index contributed by atoms with van der Waals surface area (Å²) in [6.07, 6.45) is 2.06. The smallest absolute Gasteiger partial charge is 0.205 e. The van der Waals surface area contributed by atoms with Gasteiger partial charge in [0.2, 0.25) is 10.3 Å². The lowest BCUT2D eigenvalue weighted by atomic mass is 10.1. The molecule has 280 valence electrons. The van der Waals surface area contributed by atoms with Crippen molar-refractivity contribution in [2.45, 2.75) is 19.8 Å². The zero-order chi connectivity index (χ0) is 37.3. The number of anilines is 2. The molecule has 0 radical (unpaired) electrons. The number of piperazine rings is 2. The van der Waals surface area contributed by atoms with Gasteiger partial charge < -0.3 is 9.80 Å². The summed E-state index contributed by atoms with van der Waals surface area (Å²) in [5.74, 6) is 1.36. The highest BCUT2D eigenvalue weighted by Gasteiger charge is 2.22. The molecule has 0 aliphatic carbocycles. The quantitative estimate of drug-likeness (QED) is 0.136. The van der Waals surface area contributed by atoms with E-state index in [9.17, 15) is 4.39 Å². The van der Waals surface area contributed by atoms with Gasteiger partial charge in [0.15, 0.2) is 11.6 Å². The minimum atomic E-state index is -0.178. The maximum Gasteiger partial charge on any atom is 0.205 e. The Kier molecular flexibility index (Phi) is 13.2. The number of aromatic nitrogens is 4. The summed E-state index contributed by atoms with van der Waals surface area (Å²) in [5.41, 5.74) is 5.94. The van der Waals surface area contributed by atoms with Crippen LogP contribution < -0.4 is 9.80 Å². The summed E-state index contributed by atoms with van der Waals surface area (Å²) >= 11 is 14.8. The van der Waals surface area contributed by atoms with Gasteiger partial charge in [0, 0.05) is 110 Å². The van der Waals surface area contributed by atoms with E-state index in [1.165, 1.54) is 51.9 Å². The van der Waals surface area contributed by atoms with E-state index in [4.69, 9.17) is 33.2 Å². The first-order valence-electron chi connectivity index (χ1n) is 18.3. The monoisotopic (exact) mass is 800 g/mol. The highest BCUT2D eigenvalue weighted by Crippen LogP contribution is 2.27. The summed E-state index contributed by atoms with van der Waals surface area (Å²) in [6, 6.07) is 30.9. The van der Waals surface area contributed by atoms with Crippen molar-refractivity contribution in [2.75, 3.05) is 75.2 Å². The minimum absolute atomic E-state index is 0.178. The fourth-order valence-electron chi connectivity index (χ4n) is 6.54. The maximum atomic E-state index is 13.0. The van der Waals surface area contributed by atoms with Gasteiger partial charge in [-0.2, -0.15) is 18.7 Å². The van der Waals surface area contributed by atoms with Crippen LogP contribution in [-0.2, 0) is 12.8 Å². The Bertz CT molecular complexity index is 2060. The van der Waals surface area contributed by atoms with E-state index in [0.717, 1.165) is 116 Å². The molecule has 0 unspecified atom stereocenters. The van der Waals surface area contributed by atoms with Crippen molar-refractivity contribution in [1.82, 2.24) is 28.5 Å². The van der Waals surface area contributed by atoms with Crippen molar-refractivity contribution in [3.63, 3.8) is 0 Å². The van der Waals surface area contributed by atoms with E-state index in [1.807, 2.05) is 60.7 Å². The molecule has 2 fully saturated rings. The summed E-state index contributed by atoms with van der Waals surface area (Å²) in [7, 11) is 0. The van der Waals surface area contributed by atoms with Crippen LogP contribution in [0.15, 0.2) is 97.1 Å². The number of rotatable bonds is 10. The lowest BCUT2D eigenvalue weighted by molar-refractivity contribution is 0.261. The summed E-state index contributed by atoms with van der Waals surface area (Å²) in [4.78, 5) is 19.1. The van der Waals surface area contributed by atoms with E-state index < -0.39 is 0 Å². The topological polar surface area (TPSA) is 64.5 Å². The predicted molar refractivity (Wildman–Crippen MR) is 223 cm³/mol. The molecule has 4 heterocycles. The molecular formula is C41H43Cl2FN8S2. The summed E-state index contributed by atoms with van der Waals surface area (Å²) in [5, 5.41) is 3.43. The van der Waals surface area contributed by atoms with Crippen LogP contribution >= 0.6 is 46.3 Å². The molecule has 8 rings (SSSR count). The third-order valence-electron chi connectivity index (χ3n) is 9.75. The fraction of sp³-hybridized carbons (Fsp3) is 0.317. The molecule has 2 aromatic heterocycles. The largest absolute Gasteiger partial charge is 0.344 e. The first kappa shape index (κ1) is 38.3. The molecule has 0 saturated carbocycles. The molecule has 2 aliphatic heterocycles. The number of nitrogens with zero attached hydrogens (tertiary/aromatic N) is 8. The second-order valence-electron chi connectivity index (χ2n) is 13.6. The molecule has 0 N–H and O–H groups in total. The van der Waals surface area contributed by atoms with Crippen LogP contribution in [0.2, 0.25) is 10.0 Å². The van der Waals surface area contributed by atoms with E-state index in [-0.39, 0.29) is 5.82 Å². The number of aryl methyl sites for hydroxylation is 1. The first-order valence-corrected chi connectivity index (χ1v) is 20.6.